The molecule has 0 saturated carbocycles. The molecule has 7 nitrogen and oxygen atoms in total. The lowest BCUT2D eigenvalue weighted by molar-refractivity contribution is -0.147. The summed E-state index contributed by atoms with van der Waals surface area (Å²) in [6.07, 6.45) is 5.62. The normalized spacial score (nSPS) is 15.2. The Morgan fingerprint density at radius 3 is 2.42 bits per heavy atom. The lowest BCUT2D eigenvalue weighted by Crippen LogP contribution is -2.43. The van der Waals surface area contributed by atoms with E-state index in [1.54, 1.807) is 0 Å². The van der Waals surface area contributed by atoms with E-state index in [4.69, 9.17) is 0 Å². The highest BCUT2D eigenvalue weighted by atomic mass is 127. The molecule has 1 fully saturated rings. The first-order valence-electron chi connectivity index (χ1n) is 8.17. The molecule has 1 aromatic rings. The van der Waals surface area contributed by atoms with Crippen LogP contribution in [-0.4, -0.2) is 53.4 Å². The van der Waals surface area contributed by atoms with Crippen LogP contribution in [0.25, 0.3) is 0 Å². The Morgan fingerprint density at radius 1 is 1.12 bits per heavy atom. The van der Waals surface area contributed by atoms with Gasteiger partial charge in [0.25, 0.3) is 0 Å². The van der Waals surface area contributed by atoms with E-state index < -0.39 is 0 Å². The lowest BCUT2D eigenvalue weighted by Gasteiger charge is -2.24. The van der Waals surface area contributed by atoms with Gasteiger partial charge >= 0.3 is 0 Å². The zero-order chi connectivity index (χ0) is 16.5. The molecule has 8 heteroatoms. The third-order valence-electron chi connectivity index (χ3n) is 3.65. The fourth-order valence-electron chi connectivity index (χ4n) is 2.48. The van der Waals surface area contributed by atoms with Crippen LogP contribution in [0.3, 0.4) is 0 Å². The van der Waals surface area contributed by atoms with Crippen LogP contribution in [0.5, 0.6) is 0 Å². The number of nitrogens with zero attached hydrogens (tertiary/aromatic N) is 3. The summed E-state index contributed by atoms with van der Waals surface area (Å²) in [5.41, 5.74) is 0. The molecule has 2 rings (SSSR count). The van der Waals surface area contributed by atoms with Crippen LogP contribution in [0.15, 0.2) is 29.5 Å². The highest BCUT2D eigenvalue weighted by Gasteiger charge is 2.24. The van der Waals surface area contributed by atoms with E-state index in [9.17, 15) is 9.59 Å². The molecule has 0 bridgehead atoms. The first kappa shape index (κ1) is 20.5. The van der Waals surface area contributed by atoms with Crippen LogP contribution in [0.2, 0.25) is 0 Å². The Morgan fingerprint density at radius 2 is 1.79 bits per heavy atom. The van der Waals surface area contributed by atoms with Gasteiger partial charge in [-0.25, -0.2) is 0 Å². The van der Waals surface area contributed by atoms with Crippen molar-refractivity contribution in [3.05, 3.63) is 24.5 Å². The number of aliphatic imine (C=N–C) groups is 1. The van der Waals surface area contributed by atoms with Gasteiger partial charge in [0.2, 0.25) is 11.8 Å². The number of amides is 2. The van der Waals surface area contributed by atoms with Gasteiger partial charge in [-0.05, 0) is 25.5 Å². The molecule has 1 aliphatic heterocycles. The third-order valence-corrected chi connectivity index (χ3v) is 3.65. The molecule has 134 valence electrons. The highest BCUT2D eigenvalue weighted by molar-refractivity contribution is 14.0. The molecule has 2 heterocycles. The van der Waals surface area contributed by atoms with E-state index in [0.717, 1.165) is 19.6 Å². The molecule has 1 saturated heterocycles. The van der Waals surface area contributed by atoms with Crippen molar-refractivity contribution in [3.63, 3.8) is 0 Å². The zero-order valence-electron chi connectivity index (χ0n) is 14.0. The van der Waals surface area contributed by atoms with Crippen molar-refractivity contribution in [3.8, 4) is 0 Å². The summed E-state index contributed by atoms with van der Waals surface area (Å²) >= 11 is 0. The maximum Gasteiger partial charge on any atom is 0.229 e. The van der Waals surface area contributed by atoms with Gasteiger partial charge < -0.3 is 15.2 Å². The summed E-state index contributed by atoms with van der Waals surface area (Å²) in [5.74, 6) is 0.542. The first-order chi connectivity index (χ1) is 11.2. The maximum absolute atomic E-state index is 11.7. The van der Waals surface area contributed by atoms with Crippen molar-refractivity contribution in [1.82, 2.24) is 20.1 Å². The number of nitrogens with one attached hydrogen (secondary N) is 2. The number of hydrogen-bond acceptors (Lipinski definition) is 3. The molecule has 2 N–H and O–H groups in total. The maximum atomic E-state index is 11.7. The lowest BCUT2D eigenvalue weighted by atomic mass is 10.1. The van der Waals surface area contributed by atoms with Crippen LogP contribution in [0.1, 0.15) is 26.2 Å². The third kappa shape index (κ3) is 6.50. The number of carbonyl (C=O) groups excluding carboxylic acids is 2. The van der Waals surface area contributed by atoms with Crippen LogP contribution in [0, 0.1) is 0 Å². The quantitative estimate of drug-likeness (QED) is 0.285. The second kappa shape index (κ2) is 11.1. The second-order valence-electron chi connectivity index (χ2n) is 5.40. The Bertz CT molecular complexity index is 529. The number of guanidine groups is 1. The van der Waals surface area contributed by atoms with Gasteiger partial charge in [-0.15, -0.1) is 24.0 Å². The minimum Gasteiger partial charge on any atom is -0.357 e. The van der Waals surface area contributed by atoms with Gasteiger partial charge in [-0.1, -0.05) is 0 Å². The molecule has 1 aromatic heterocycles. The van der Waals surface area contributed by atoms with Crippen molar-refractivity contribution in [2.45, 2.75) is 32.7 Å². The zero-order valence-corrected chi connectivity index (χ0v) is 16.4. The molecular formula is C16H26IN5O2. The van der Waals surface area contributed by atoms with Gasteiger partial charge in [0.1, 0.15) is 0 Å². The average Bonchev–Trinajstić information content (AvgIpc) is 3.03. The molecule has 0 radical (unpaired) electrons. The Labute approximate surface area is 159 Å². The van der Waals surface area contributed by atoms with Crippen LogP contribution in [0.4, 0.5) is 0 Å². The molecule has 0 atom stereocenters. The SMILES string of the molecule is CCNC(=NCCN1C(=O)CCCC1=O)NCCn1cccc1.I. The van der Waals surface area contributed by atoms with Crippen molar-refractivity contribution in [2.75, 3.05) is 26.2 Å². The first-order valence-corrected chi connectivity index (χ1v) is 8.17. The van der Waals surface area contributed by atoms with Crippen molar-refractivity contribution in [2.24, 2.45) is 4.99 Å². The van der Waals surface area contributed by atoms with Gasteiger partial charge in [-0.2, -0.15) is 0 Å². The van der Waals surface area contributed by atoms with E-state index in [2.05, 4.69) is 20.2 Å². The van der Waals surface area contributed by atoms with Crippen LogP contribution in [-0.2, 0) is 16.1 Å². The van der Waals surface area contributed by atoms with Crippen molar-refractivity contribution >= 4 is 41.8 Å². The molecular weight excluding hydrogens is 421 g/mol. The van der Waals surface area contributed by atoms with E-state index in [-0.39, 0.29) is 35.8 Å². The van der Waals surface area contributed by atoms with E-state index in [1.807, 2.05) is 31.5 Å². The Balaban J connectivity index is 0.00000288. The van der Waals surface area contributed by atoms with Crippen molar-refractivity contribution < 1.29 is 9.59 Å². The van der Waals surface area contributed by atoms with Gasteiger partial charge in [0, 0.05) is 51.4 Å². The number of carbonyl (C=O) groups is 2. The van der Waals surface area contributed by atoms with Gasteiger partial charge in [0.05, 0.1) is 6.54 Å². The molecule has 2 amide bonds. The number of piperidine rings is 1. The average molecular weight is 447 g/mol. The highest BCUT2D eigenvalue weighted by Crippen LogP contribution is 2.11. The van der Waals surface area contributed by atoms with Crippen molar-refractivity contribution in [1.29, 1.82) is 0 Å². The minimum absolute atomic E-state index is 0. The predicted molar refractivity (Wildman–Crippen MR) is 104 cm³/mol. The second-order valence-corrected chi connectivity index (χ2v) is 5.40. The smallest absolute Gasteiger partial charge is 0.229 e. The van der Waals surface area contributed by atoms with Crippen LogP contribution < -0.4 is 10.6 Å². The fraction of sp³-hybridized carbons (Fsp3) is 0.562. The number of halogens is 1. The van der Waals surface area contributed by atoms with Crippen LogP contribution >= 0.6 is 24.0 Å². The fourth-order valence-corrected chi connectivity index (χ4v) is 2.48. The molecule has 0 aliphatic carbocycles. The summed E-state index contributed by atoms with van der Waals surface area (Å²) in [5, 5.41) is 6.41. The molecule has 0 spiro atoms. The van der Waals surface area contributed by atoms with Gasteiger partial charge in [-0.3, -0.25) is 19.5 Å². The largest absolute Gasteiger partial charge is 0.357 e. The standard InChI is InChI=1S/C16H25N5O2.HI/c1-2-17-16(18-8-12-20-10-3-4-11-20)19-9-13-21-14(22)6-5-7-15(21)23;/h3-4,10-11H,2,5-9,12-13H2,1H3,(H2,17,18,19);1H. The minimum atomic E-state index is -0.0815. The monoisotopic (exact) mass is 447 g/mol. The molecule has 24 heavy (non-hydrogen) atoms. The summed E-state index contributed by atoms with van der Waals surface area (Å²) in [4.78, 5) is 29.2. The summed E-state index contributed by atoms with van der Waals surface area (Å²) in [6, 6.07) is 3.98. The predicted octanol–water partition coefficient (Wildman–Crippen LogP) is 1.20. The van der Waals surface area contributed by atoms with E-state index in [0.29, 0.717) is 38.3 Å². The molecule has 1 aliphatic rings. The van der Waals surface area contributed by atoms with E-state index in [1.165, 1.54) is 4.90 Å². The van der Waals surface area contributed by atoms with Gasteiger partial charge in [0.15, 0.2) is 5.96 Å². The number of hydrogen-bond donors (Lipinski definition) is 2. The Hall–Kier alpha value is -1.58. The number of imide groups is 1. The topological polar surface area (TPSA) is 78.7 Å². The summed E-state index contributed by atoms with van der Waals surface area (Å²) < 4.78 is 2.08. The molecule has 0 aromatic carbocycles. The number of rotatable bonds is 7. The number of likely N-dealkylation sites (tertiary alicyclic amines) is 1. The van der Waals surface area contributed by atoms with E-state index >= 15 is 0 Å². The number of aromatic nitrogens is 1. The Kier molecular flexibility index (Phi) is 9.43. The molecule has 0 unspecified atom stereocenters. The summed E-state index contributed by atoms with van der Waals surface area (Å²) in [6.45, 7) is 5.13. The summed E-state index contributed by atoms with van der Waals surface area (Å²) in [7, 11) is 0.